The van der Waals surface area contributed by atoms with E-state index in [0.717, 1.165) is 12.0 Å². The zero-order valence-electron chi connectivity index (χ0n) is 12.5. The molecule has 0 bridgehead atoms. The van der Waals surface area contributed by atoms with Crippen LogP contribution in [0.3, 0.4) is 0 Å². The average molecular weight is 375 g/mol. The summed E-state index contributed by atoms with van der Waals surface area (Å²) in [5, 5.41) is 0.683. The molecule has 0 fully saturated rings. The first-order valence-electron chi connectivity index (χ1n) is 6.83. The molecule has 0 unspecified atom stereocenters. The van der Waals surface area contributed by atoms with E-state index < -0.39 is 10.1 Å². The van der Waals surface area contributed by atoms with E-state index in [9.17, 15) is 8.42 Å². The van der Waals surface area contributed by atoms with Gasteiger partial charge in [0.05, 0.1) is 16.7 Å². The van der Waals surface area contributed by atoms with Crippen LogP contribution in [0.5, 0.6) is 5.75 Å². The van der Waals surface area contributed by atoms with Crippen molar-refractivity contribution in [3.05, 3.63) is 63.6 Å². The zero-order chi connectivity index (χ0) is 16.9. The summed E-state index contributed by atoms with van der Waals surface area (Å²) in [7, 11) is -2.14. The highest BCUT2D eigenvalue weighted by Gasteiger charge is 2.15. The Morgan fingerprint density at radius 3 is 2.22 bits per heavy atom. The number of hydrogen-bond acceptors (Lipinski definition) is 4. The monoisotopic (exact) mass is 374 g/mol. The van der Waals surface area contributed by atoms with E-state index in [1.807, 2.05) is 12.1 Å². The normalized spacial score (nSPS) is 11.4. The third kappa shape index (κ3) is 5.70. The number of benzene rings is 2. The van der Waals surface area contributed by atoms with Crippen molar-refractivity contribution < 1.29 is 17.3 Å². The van der Waals surface area contributed by atoms with E-state index >= 15 is 0 Å². The molecule has 0 radical (unpaired) electrons. The van der Waals surface area contributed by atoms with E-state index in [4.69, 9.17) is 32.1 Å². The second kappa shape index (κ2) is 8.02. The number of methoxy groups -OCH3 is 1. The van der Waals surface area contributed by atoms with Crippen molar-refractivity contribution in [1.82, 2.24) is 0 Å². The van der Waals surface area contributed by atoms with Gasteiger partial charge in [0.2, 0.25) is 0 Å². The molecule has 0 aliphatic heterocycles. The smallest absolute Gasteiger partial charge is 0.313 e. The van der Waals surface area contributed by atoms with Gasteiger partial charge in [0, 0.05) is 7.11 Å². The van der Waals surface area contributed by atoms with Crippen molar-refractivity contribution in [2.45, 2.75) is 12.2 Å². The lowest BCUT2D eigenvalue weighted by Crippen LogP contribution is -2.12. The molecule has 0 saturated carbocycles. The van der Waals surface area contributed by atoms with Gasteiger partial charge in [-0.2, -0.15) is 8.42 Å². The SMILES string of the molecule is COCCc1ccc(OS(=O)(=O)Cc2ccc(Cl)c(Cl)c2)cc1. The maximum absolute atomic E-state index is 12.1. The van der Waals surface area contributed by atoms with Crippen molar-refractivity contribution in [2.75, 3.05) is 13.7 Å². The molecule has 23 heavy (non-hydrogen) atoms. The molecule has 4 nitrogen and oxygen atoms in total. The van der Waals surface area contributed by atoms with Crippen LogP contribution in [0.1, 0.15) is 11.1 Å². The van der Waals surface area contributed by atoms with Crippen LogP contribution in [0.4, 0.5) is 0 Å². The standard InChI is InChI=1S/C16H16Cl2O4S/c1-21-9-8-12-2-5-14(6-3-12)22-23(19,20)11-13-4-7-15(17)16(18)10-13/h2-7,10H,8-9,11H2,1H3. The second-order valence-electron chi connectivity index (χ2n) is 4.92. The van der Waals surface area contributed by atoms with Gasteiger partial charge in [-0.3, -0.25) is 0 Å². The summed E-state index contributed by atoms with van der Waals surface area (Å²) in [5.74, 6) is -0.0128. The molecule has 0 atom stereocenters. The largest absolute Gasteiger partial charge is 0.384 e. The molecule has 2 aromatic carbocycles. The molecule has 0 saturated heterocycles. The Kier molecular flexibility index (Phi) is 6.30. The maximum Gasteiger partial charge on any atom is 0.313 e. The highest BCUT2D eigenvalue weighted by molar-refractivity contribution is 7.86. The lowest BCUT2D eigenvalue weighted by Gasteiger charge is -2.08. The van der Waals surface area contributed by atoms with Crippen LogP contribution in [-0.2, 0) is 27.0 Å². The zero-order valence-corrected chi connectivity index (χ0v) is 14.8. The molecule has 124 valence electrons. The third-order valence-corrected chi connectivity index (χ3v) is 4.94. The van der Waals surface area contributed by atoms with Gasteiger partial charge < -0.3 is 8.92 Å². The van der Waals surface area contributed by atoms with Crippen LogP contribution in [0.25, 0.3) is 0 Å². The molecular weight excluding hydrogens is 359 g/mol. The molecule has 0 heterocycles. The van der Waals surface area contributed by atoms with Gasteiger partial charge in [-0.15, -0.1) is 0 Å². The van der Waals surface area contributed by atoms with E-state index in [2.05, 4.69) is 0 Å². The van der Waals surface area contributed by atoms with Crippen LogP contribution < -0.4 is 4.18 Å². The first-order chi connectivity index (χ1) is 10.9. The Hall–Kier alpha value is -1.27. The van der Waals surface area contributed by atoms with E-state index in [0.29, 0.717) is 22.2 Å². The highest BCUT2D eigenvalue weighted by Crippen LogP contribution is 2.24. The molecular formula is C16H16Cl2O4S. The third-order valence-electron chi connectivity index (χ3n) is 3.07. The molecule has 0 amide bonds. The topological polar surface area (TPSA) is 52.6 Å². The Balaban J connectivity index is 2.04. The van der Waals surface area contributed by atoms with E-state index in [-0.39, 0.29) is 11.5 Å². The van der Waals surface area contributed by atoms with Crippen molar-refractivity contribution in [3.63, 3.8) is 0 Å². The van der Waals surface area contributed by atoms with E-state index in [1.54, 1.807) is 31.4 Å². The summed E-state index contributed by atoms with van der Waals surface area (Å²) in [6.07, 6.45) is 0.757. The van der Waals surface area contributed by atoms with Gasteiger partial charge in [-0.1, -0.05) is 41.4 Å². The Morgan fingerprint density at radius 2 is 1.61 bits per heavy atom. The van der Waals surface area contributed by atoms with Gasteiger partial charge in [-0.05, 0) is 41.8 Å². The van der Waals surface area contributed by atoms with Crippen LogP contribution in [0.15, 0.2) is 42.5 Å². The average Bonchev–Trinajstić information content (AvgIpc) is 2.49. The molecule has 2 rings (SSSR count). The van der Waals surface area contributed by atoms with Gasteiger partial charge >= 0.3 is 10.1 Å². The lowest BCUT2D eigenvalue weighted by atomic mass is 10.1. The number of rotatable bonds is 7. The van der Waals surface area contributed by atoms with Crippen molar-refractivity contribution in [3.8, 4) is 5.75 Å². The summed E-state index contributed by atoms with van der Waals surface area (Å²) in [6.45, 7) is 0.607. The van der Waals surface area contributed by atoms with Crippen molar-refractivity contribution in [1.29, 1.82) is 0 Å². The van der Waals surface area contributed by atoms with Gasteiger partial charge in [-0.25, -0.2) is 0 Å². The maximum atomic E-state index is 12.1. The number of ether oxygens (including phenoxy) is 1. The van der Waals surface area contributed by atoms with Crippen LogP contribution in [-0.4, -0.2) is 22.1 Å². The molecule has 7 heteroatoms. The minimum atomic E-state index is -3.77. The highest BCUT2D eigenvalue weighted by atomic mass is 35.5. The van der Waals surface area contributed by atoms with E-state index in [1.165, 1.54) is 6.07 Å². The first kappa shape index (κ1) is 18.1. The molecule has 0 spiro atoms. The van der Waals surface area contributed by atoms with Crippen LogP contribution >= 0.6 is 23.2 Å². The van der Waals surface area contributed by atoms with Crippen LogP contribution in [0.2, 0.25) is 10.0 Å². The minimum absolute atomic E-state index is 0.270. The summed E-state index contributed by atoms with van der Waals surface area (Å²) in [4.78, 5) is 0. The molecule has 0 aliphatic carbocycles. The quantitative estimate of drug-likeness (QED) is 0.684. The summed E-state index contributed by atoms with van der Waals surface area (Å²) < 4.78 is 34.3. The predicted molar refractivity (Wildman–Crippen MR) is 91.7 cm³/mol. The fourth-order valence-electron chi connectivity index (χ4n) is 1.94. The van der Waals surface area contributed by atoms with Crippen molar-refractivity contribution in [2.24, 2.45) is 0 Å². The van der Waals surface area contributed by atoms with Gasteiger partial charge in [0.15, 0.2) is 0 Å². The summed E-state index contributed by atoms with van der Waals surface area (Å²) in [6, 6.07) is 11.5. The molecule has 0 aliphatic rings. The molecule has 2 aromatic rings. The first-order valence-corrected chi connectivity index (χ1v) is 9.17. The summed E-state index contributed by atoms with van der Waals surface area (Å²) in [5.41, 5.74) is 1.55. The minimum Gasteiger partial charge on any atom is -0.384 e. The Bertz CT molecular complexity index is 758. The lowest BCUT2D eigenvalue weighted by molar-refractivity contribution is 0.202. The summed E-state index contributed by atoms with van der Waals surface area (Å²) >= 11 is 11.7. The Labute approximate surface area is 146 Å². The Morgan fingerprint density at radius 1 is 0.957 bits per heavy atom. The van der Waals surface area contributed by atoms with Gasteiger partial charge in [0.25, 0.3) is 0 Å². The van der Waals surface area contributed by atoms with Gasteiger partial charge in [0.1, 0.15) is 11.5 Å². The predicted octanol–water partition coefficient (Wildman–Crippen LogP) is 4.09. The fraction of sp³-hybridized carbons (Fsp3) is 0.250. The van der Waals surface area contributed by atoms with Crippen LogP contribution in [0, 0.1) is 0 Å². The molecule has 0 N–H and O–H groups in total. The second-order valence-corrected chi connectivity index (χ2v) is 7.31. The fourth-order valence-corrected chi connectivity index (χ4v) is 3.31. The number of hydrogen-bond donors (Lipinski definition) is 0. The van der Waals surface area contributed by atoms with Crippen molar-refractivity contribution >= 4 is 33.3 Å². The number of halogens is 2. The molecule has 0 aromatic heterocycles.